The predicted molar refractivity (Wildman–Crippen MR) is 54.5 cm³/mol. The van der Waals surface area contributed by atoms with Crippen molar-refractivity contribution in [2.75, 3.05) is 7.11 Å². The number of halogens is 1. The number of hydrogen-bond donors (Lipinski definition) is 0. The molecule has 1 rings (SSSR count). The summed E-state index contributed by atoms with van der Waals surface area (Å²) in [4.78, 5) is 20.9. The van der Waals surface area contributed by atoms with Crippen LogP contribution in [-0.4, -0.2) is 17.3 Å². The first kappa shape index (κ1) is 11.9. The smallest absolute Gasteiger partial charge is 0.299 e. The molecule has 7 heteroatoms. The third-order valence-corrected chi connectivity index (χ3v) is 2.04. The molecule has 0 unspecified atom stereocenters. The lowest BCUT2D eigenvalue weighted by Crippen LogP contribution is -2.02. The quantitative estimate of drug-likeness (QED) is 0.457. The van der Waals surface area contributed by atoms with Gasteiger partial charge in [-0.05, 0) is 17.7 Å². The molecule has 0 aliphatic rings. The minimum atomic E-state index is -1.01. The molecule has 0 saturated carbocycles. The number of nitro benzene ring substituents is 1. The molecule has 1 aromatic rings. The van der Waals surface area contributed by atoms with E-state index < -0.39 is 15.9 Å². The number of methoxy groups -OCH3 is 1. The summed E-state index contributed by atoms with van der Waals surface area (Å²) in [7, 11) is 1.31. The van der Waals surface area contributed by atoms with Crippen molar-refractivity contribution in [3.63, 3.8) is 0 Å². The average molecular weight is 241 g/mol. The molecule has 0 N–H and O–H groups in total. The van der Waals surface area contributed by atoms with Gasteiger partial charge in [-0.1, -0.05) is 0 Å². The number of carbonyl (C=O) groups excluding carboxylic acids is 1. The van der Waals surface area contributed by atoms with Gasteiger partial charge in [0.05, 0.1) is 12.0 Å². The highest BCUT2D eigenvalue weighted by atomic mass is 35.5. The van der Waals surface area contributed by atoms with Gasteiger partial charge in [0.25, 0.3) is 10.9 Å². The fourth-order valence-corrected chi connectivity index (χ4v) is 1.30. The minimum absolute atomic E-state index is 0.158. The summed E-state index contributed by atoms with van der Waals surface area (Å²) in [6.45, 7) is 0. The van der Waals surface area contributed by atoms with Crippen molar-refractivity contribution in [1.29, 1.82) is 5.26 Å². The highest BCUT2D eigenvalue weighted by Crippen LogP contribution is 2.29. The maximum absolute atomic E-state index is 11.0. The zero-order chi connectivity index (χ0) is 12.3. The van der Waals surface area contributed by atoms with Crippen LogP contribution in [0.4, 0.5) is 5.69 Å². The van der Waals surface area contributed by atoms with Crippen LogP contribution in [-0.2, 0) is 0 Å². The van der Waals surface area contributed by atoms with Crippen LogP contribution in [0.25, 0.3) is 0 Å². The number of nitro groups is 1. The molecule has 0 amide bonds. The Kier molecular flexibility index (Phi) is 3.43. The van der Waals surface area contributed by atoms with Crippen molar-refractivity contribution in [2.45, 2.75) is 0 Å². The highest BCUT2D eigenvalue weighted by molar-refractivity contribution is 6.68. The van der Waals surface area contributed by atoms with Gasteiger partial charge in [-0.3, -0.25) is 14.9 Å². The number of carbonyl (C=O) groups is 1. The summed E-state index contributed by atoms with van der Waals surface area (Å²) in [5.41, 5.74) is -1.24. The van der Waals surface area contributed by atoms with Crippen LogP contribution in [0.1, 0.15) is 15.9 Å². The van der Waals surface area contributed by atoms with Crippen LogP contribution in [0, 0.1) is 21.4 Å². The normalized spacial score (nSPS) is 9.31. The number of nitrogens with zero attached hydrogens (tertiary/aromatic N) is 2. The van der Waals surface area contributed by atoms with Gasteiger partial charge < -0.3 is 4.74 Å². The van der Waals surface area contributed by atoms with E-state index in [0.29, 0.717) is 0 Å². The third-order valence-electron chi connectivity index (χ3n) is 1.83. The van der Waals surface area contributed by atoms with Gasteiger partial charge in [-0.15, -0.1) is 0 Å². The first-order valence-electron chi connectivity index (χ1n) is 3.97. The molecule has 0 heterocycles. The molecule has 0 spiro atoms. The van der Waals surface area contributed by atoms with E-state index in [2.05, 4.69) is 0 Å². The second-order valence-corrected chi connectivity index (χ2v) is 3.06. The Bertz CT molecular complexity index is 507. The standard InChI is InChI=1S/C9H5ClN2O4/c1-16-6-2-5(4-11)8(12(14)15)7(3-6)9(10)13/h2-3H,1H3. The zero-order valence-corrected chi connectivity index (χ0v) is 8.82. The van der Waals surface area contributed by atoms with E-state index in [4.69, 9.17) is 21.6 Å². The Labute approximate surface area is 95.2 Å². The topological polar surface area (TPSA) is 93.2 Å². The lowest BCUT2D eigenvalue weighted by Gasteiger charge is -2.04. The van der Waals surface area contributed by atoms with Gasteiger partial charge in [-0.2, -0.15) is 5.26 Å². The Morgan fingerprint density at radius 3 is 2.62 bits per heavy atom. The Morgan fingerprint density at radius 2 is 2.25 bits per heavy atom. The lowest BCUT2D eigenvalue weighted by molar-refractivity contribution is -0.385. The molecule has 0 aliphatic heterocycles. The van der Waals surface area contributed by atoms with Gasteiger partial charge >= 0.3 is 0 Å². The van der Waals surface area contributed by atoms with E-state index in [1.807, 2.05) is 0 Å². The fourth-order valence-electron chi connectivity index (χ4n) is 1.16. The number of ether oxygens (including phenoxy) is 1. The van der Waals surface area contributed by atoms with Crippen molar-refractivity contribution < 1.29 is 14.5 Å². The molecule has 0 bridgehead atoms. The molecule has 1 aromatic carbocycles. The van der Waals surface area contributed by atoms with Crippen molar-refractivity contribution in [3.05, 3.63) is 33.4 Å². The largest absolute Gasteiger partial charge is 0.497 e. The molecule has 82 valence electrons. The van der Waals surface area contributed by atoms with Crippen molar-refractivity contribution in [3.8, 4) is 11.8 Å². The van der Waals surface area contributed by atoms with Crippen LogP contribution >= 0.6 is 11.6 Å². The van der Waals surface area contributed by atoms with Gasteiger partial charge in [0, 0.05) is 6.07 Å². The summed E-state index contributed by atoms with van der Waals surface area (Å²) >= 11 is 5.20. The van der Waals surface area contributed by atoms with E-state index in [1.54, 1.807) is 6.07 Å². The number of benzene rings is 1. The van der Waals surface area contributed by atoms with Gasteiger partial charge in [0.15, 0.2) is 0 Å². The molecule has 6 nitrogen and oxygen atoms in total. The van der Waals surface area contributed by atoms with E-state index >= 15 is 0 Å². The average Bonchev–Trinajstić information content (AvgIpc) is 2.26. The summed E-state index contributed by atoms with van der Waals surface area (Å²) in [5.74, 6) is 0.158. The molecule has 0 aliphatic carbocycles. The van der Waals surface area contributed by atoms with Crippen LogP contribution in [0.5, 0.6) is 5.75 Å². The van der Waals surface area contributed by atoms with E-state index in [0.717, 1.165) is 6.07 Å². The Morgan fingerprint density at radius 1 is 1.62 bits per heavy atom. The molecule has 16 heavy (non-hydrogen) atoms. The number of rotatable bonds is 3. The van der Waals surface area contributed by atoms with Crippen molar-refractivity contribution in [1.82, 2.24) is 0 Å². The Balaban J connectivity index is 3.62. The monoisotopic (exact) mass is 240 g/mol. The molecule has 0 atom stereocenters. The van der Waals surface area contributed by atoms with Crippen molar-refractivity contribution >= 4 is 22.5 Å². The second kappa shape index (κ2) is 4.59. The van der Waals surface area contributed by atoms with Crippen molar-refractivity contribution in [2.24, 2.45) is 0 Å². The molecule has 0 saturated heterocycles. The molecule has 0 aromatic heterocycles. The minimum Gasteiger partial charge on any atom is -0.497 e. The molecular formula is C9H5ClN2O4. The van der Waals surface area contributed by atoms with E-state index in [1.165, 1.54) is 13.2 Å². The molecular weight excluding hydrogens is 236 g/mol. The predicted octanol–water partition coefficient (Wildman–Crippen LogP) is 1.85. The van der Waals surface area contributed by atoms with Gasteiger partial charge in [0.1, 0.15) is 22.9 Å². The SMILES string of the molecule is COc1cc(C#N)c([N+](=O)[O-])c(C(=O)Cl)c1. The maximum atomic E-state index is 11.0. The molecule has 0 fully saturated rings. The maximum Gasteiger partial charge on any atom is 0.299 e. The summed E-state index contributed by atoms with van der Waals surface area (Å²) in [6.07, 6.45) is 0. The summed E-state index contributed by atoms with van der Waals surface area (Å²) in [6, 6.07) is 3.90. The fraction of sp³-hybridized carbons (Fsp3) is 0.111. The summed E-state index contributed by atoms with van der Waals surface area (Å²) < 4.78 is 4.80. The number of nitriles is 1. The summed E-state index contributed by atoms with van der Waals surface area (Å²) in [5, 5.41) is 18.4. The molecule has 0 radical (unpaired) electrons. The first-order chi connectivity index (χ1) is 7.51. The van der Waals surface area contributed by atoms with Crippen LogP contribution in [0.2, 0.25) is 0 Å². The highest BCUT2D eigenvalue weighted by Gasteiger charge is 2.25. The lowest BCUT2D eigenvalue weighted by atomic mass is 10.1. The second-order valence-electron chi connectivity index (χ2n) is 2.71. The van der Waals surface area contributed by atoms with Crippen LogP contribution < -0.4 is 4.74 Å². The van der Waals surface area contributed by atoms with Gasteiger partial charge in [-0.25, -0.2) is 0 Å². The Hall–Kier alpha value is -2.13. The van der Waals surface area contributed by atoms with Crippen LogP contribution in [0.3, 0.4) is 0 Å². The third kappa shape index (κ3) is 2.10. The first-order valence-corrected chi connectivity index (χ1v) is 4.35. The van der Waals surface area contributed by atoms with E-state index in [9.17, 15) is 14.9 Å². The number of hydrogen-bond acceptors (Lipinski definition) is 5. The zero-order valence-electron chi connectivity index (χ0n) is 8.06. The van der Waals surface area contributed by atoms with Crippen LogP contribution in [0.15, 0.2) is 12.1 Å². The van der Waals surface area contributed by atoms with Gasteiger partial charge in [0.2, 0.25) is 0 Å². The van der Waals surface area contributed by atoms with E-state index in [-0.39, 0.29) is 16.9 Å².